The molecule has 0 saturated carbocycles. The predicted octanol–water partition coefficient (Wildman–Crippen LogP) is 12.0. The van der Waals surface area contributed by atoms with E-state index >= 15 is 0 Å². The number of fused-ring (bicyclic) bond motifs is 7. The first-order valence-corrected chi connectivity index (χ1v) is 19.1. The minimum Gasteiger partial charge on any atom is -0.310 e. The lowest BCUT2D eigenvalue weighted by atomic mass is 9.73. The predicted molar refractivity (Wildman–Crippen MR) is 213 cm³/mol. The van der Waals surface area contributed by atoms with Crippen LogP contribution >= 0.6 is 11.3 Å². The summed E-state index contributed by atoms with van der Waals surface area (Å²) < 4.78 is 0. The number of anilines is 3. The van der Waals surface area contributed by atoms with Crippen molar-refractivity contribution in [1.29, 1.82) is 0 Å². The molecule has 3 aliphatic carbocycles. The van der Waals surface area contributed by atoms with Crippen LogP contribution in [0, 0.1) is 0 Å². The summed E-state index contributed by atoms with van der Waals surface area (Å²) in [6.07, 6.45) is 27.5. The fourth-order valence-corrected chi connectivity index (χ4v) is 9.07. The van der Waals surface area contributed by atoms with E-state index in [1.807, 2.05) is 25.2 Å². The van der Waals surface area contributed by atoms with Gasteiger partial charge in [-0.15, -0.1) is 11.3 Å². The van der Waals surface area contributed by atoms with E-state index in [0.717, 1.165) is 19.3 Å². The van der Waals surface area contributed by atoms with Crippen LogP contribution in [0.15, 0.2) is 145 Å². The Morgan fingerprint density at radius 1 is 0.840 bits per heavy atom. The van der Waals surface area contributed by atoms with Gasteiger partial charge in [-0.05, 0) is 94.7 Å². The van der Waals surface area contributed by atoms with Crippen molar-refractivity contribution in [3.05, 3.63) is 177 Å². The molecule has 9 rings (SSSR count). The average molecular weight is 672 g/mol. The summed E-state index contributed by atoms with van der Waals surface area (Å²) in [4.78, 5) is 8.95. The normalized spacial score (nSPS) is 21.8. The van der Waals surface area contributed by atoms with Gasteiger partial charge in [-0.3, -0.25) is 5.32 Å². The molecule has 0 fully saturated rings. The maximum atomic E-state index is 5.18. The molecule has 0 spiro atoms. The largest absolute Gasteiger partial charge is 0.310 e. The van der Waals surface area contributed by atoms with Crippen LogP contribution < -0.4 is 10.2 Å². The third-order valence-electron chi connectivity index (χ3n) is 10.4. The zero-order valence-corrected chi connectivity index (χ0v) is 30.3. The summed E-state index contributed by atoms with van der Waals surface area (Å²) in [6.45, 7) is 8.73. The van der Waals surface area contributed by atoms with Gasteiger partial charge >= 0.3 is 0 Å². The number of hydrogen-bond donors (Lipinski definition) is 1. The summed E-state index contributed by atoms with van der Waals surface area (Å²) in [5, 5.41) is 5.15. The fraction of sp³-hybridized carbons (Fsp3) is 0.239. The Morgan fingerprint density at radius 3 is 2.54 bits per heavy atom. The molecule has 0 radical (unpaired) electrons. The van der Waals surface area contributed by atoms with Gasteiger partial charge in [0, 0.05) is 28.4 Å². The number of benzene rings is 3. The molecule has 2 unspecified atom stereocenters. The summed E-state index contributed by atoms with van der Waals surface area (Å²) >= 11 is 1.87. The maximum Gasteiger partial charge on any atom is 0.119 e. The van der Waals surface area contributed by atoms with Crippen LogP contribution in [0.1, 0.15) is 85.3 Å². The maximum absolute atomic E-state index is 5.18. The van der Waals surface area contributed by atoms with Gasteiger partial charge in [0.25, 0.3) is 0 Å². The number of allylic oxidation sites excluding steroid dienone is 11. The van der Waals surface area contributed by atoms with E-state index in [4.69, 9.17) is 4.98 Å². The van der Waals surface area contributed by atoms with Gasteiger partial charge in [-0.25, -0.2) is 4.98 Å². The van der Waals surface area contributed by atoms with Crippen LogP contribution in [-0.2, 0) is 11.8 Å². The second kappa shape index (κ2) is 13.5. The Labute approximate surface area is 301 Å². The number of thiazole rings is 1. The zero-order valence-electron chi connectivity index (χ0n) is 29.5. The Morgan fingerprint density at radius 2 is 1.66 bits per heavy atom. The molecule has 2 aliphatic heterocycles. The van der Waals surface area contributed by atoms with Crippen molar-refractivity contribution in [3.63, 3.8) is 0 Å². The van der Waals surface area contributed by atoms with E-state index < -0.39 is 0 Å². The third kappa shape index (κ3) is 5.81. The zero-order chi connectivity index (χ0) is 34.2. The highest BCUT2D eigenvalue weighted by atomic mass is 32.1. The molecule has 50 heavy (non-hydrogen) atoms. The number of para-hydroxylation sites is 2. The number of nitrogens with zero attached hydrogens (tertiary/aromatic N) is 2. The topological polar surface area (TPSA) is 28.2 Å². The quantitative estimate of drug-likeness (QED) is 0.235. The molecule has 0 amide bonds. The van der Waals surface area contributed by atoms with Crippen LogP contribution in [0.5, 0.6) is 0 Å². The van der Waals surface area contributed by atoms with Gasteiger partial charge in [0.15, 0.2) is 0 Å². The van der Waals surface area contributed by atoms with Crippen molar-refractivity contribution < 1.29 is 0 Å². The first kappa shape index (κ1) is 32.4. The van der Waals surface area contributed by atoms with Gasteiger partial charge in [0.2, 0.25) is 0 Å². The van der Waals surface area contributed by atoms with E-state index in [9.17, 15) is 0 Å². The number of aromatic nitrogens is 1. The lowest BCUT2D eigenvalue weighted by Crippen LogP contribution is -2.30. The highest BCUT2D eigenvalue weighted by Crippen LogP contribution is 2.52. The Kier molecular flexibility index (Phi) is 8.76. The molecule has 3 heterocycles. The Hall–Kier alpha value is -4.77. The van der Waals surface area contributed by atoms with Crippen LogP contribution in [0.4, 0.5) is 17.1 Å². The van der Waals surface area contributed by atoms with E-state index in [-0.39, 0.29) is 17.5 Å². The molecule has 250 valence electrons. The smallest absolute Gasteiger partial charge is 0.119 e. The molecule has 3 aromatic carbocycles. The molecule has 0 saturated heterocycles. The minimum atomic E-state index is -0.150. The van der Waals surface area contributed by atoms with Crippen molar-refractivity contribution in [2.45, 2.75) is 70.9 Å². The van der Waals surface area contributed by atoms with E-state index in [1.54, 1.807) is 0 Å². The van der Waals surface area contributed by atoms with Crippen LogP contribution in [0.2, 0.25) is 0 Å². The minimum absolute atomic E-state index is 0.118. The highest BCUT2D eigenvalue weighted by Gasteiger charge is 2.37. The van der Waals surface area contributed by atoms with Crippen molar-refractivity contribution in [1.82, 2.24) is 10.3 Å². The van der Waals surface area contributed by atoms with Crippen molar-refractivity contribution in [2.75, 3.05) is 4.90 Å². The summed E-state index contributed by atoms with van der Waals surface area (Å²) in [7, 11) is 0. The molecule has 4 aromatic rings. The first-order valence-electron chi connectivity index (χ1n) is 18.2. The molecular weight excluding hydrogens is 627 g/mol. The van der Waals surface area contributed by atoms with Crippen molar-refractivity contribution in [3.8, 4) is 0 Å². The van der Waals surface area contributed by atoms with E-state index in [1.165, 1.54) is 78.0 Å². The van der Waals surface area contributed by atoms with Gasteiger partial charge in [0.05, 0.1) is 23.1 Å². The SMILES string of the molecule is CC.CC1(C)c2ccccc2N(c2ccccc2)c2ccc(C3=CC4=CC(C=C3)NC3C=C4/C=C\Cc4nc(C5=CC=CCCC5)sc43)cc21. The molecule has 1 aromatic heterocycles. The van der Waals surface area contributed by atoms with Gasteiger partial charge < -0.3 is 4.90 Å². The molecule has 4 heteroatoms. The second-order valence-corrected chi connectivity index (χ2v) is 14.9. The monoisotopic (exact) mass is 671 g/mol. The Bertz CT molecular complexity index is 2150. The molecule has 3 nitrogen and oxygen atoms in total. The van der Waals surface area contributed by atoms with Crippen molar-refractivity contribution >= 4 is 39.5 Å². The van der Waals surface area contributed by atoms with Crippen LogP contribution in [0.3, 0.4) is 0 Å². The van der Waals surface area contributed by atoms with Crippen molar-refractivity contribution in [2.24, 2.45) is 0 Å². The standard InChI is InChI=1S/C44H39N3S.C2H6/c1-44(2)36-18-10-11-20-40(36)47(35-16-8-5-9-17-35)41-24-22-32(27-37(41)44)31-21-23-34-26-33(25-31)30-15-12-19-38-42(39(28-30)45-34)48-43(46-38)29-13-6-3-4-7-14-29;1-2/h3,5-6,8-13,15-18,20-28,34,39,45H,4,7,14,19H2,1-2H3;1-2H3/b15-12-;. The van der Waals surface area contributed by atoms with Gasteiger partial charge in [-0.2, -0.15) is 0 Å². The summed E-state index contributed by atoms with van der Waals surface area (Å²) in [6, 6.07) is 26.9. The molecule has 1 N–H and O–H groups in total. The molecule has 4 bridgehead atoms. The van der Waals surface area contributed by atoms with Crippen LogP contribution in [-0.4, -0.2) is 11.0 Å². The highest BCUT2D eigenvalue weighted by molar-refractivity contribution is 7.13. The first-order chi connectivity index (χ1) is 24.5. The summed E-state index contributed by atoms with van der Waals surface area (Å²) in [5.74, 6) is 0. The van der Waals surface area contributed by atoms with E-state index in [2.05, 4.69) is 158 Å². The number of nitrogens with one attached hydrogen (secondary N) is 1. The molecular formula is C46H45N3S. The Balaban J connectivity index is 0.00000177. The van der Waals surface area contributed by atoms with E-state index in [0.29, 0.717) is 0 Å². The van der Waals surface area contributed by atoms with Gasteiger partial charge in [-0.1, -0.05) is 125 Å². The lowest BCUT2D eigenvalue weighted by Gasteiger charge is -2.42. The summed E-state index contributed by atoms with van der Waals surface area (Å²) in [5.41, 5.74) is 13.8. The molecule has 2 atom stereocenters. The number of rotatable bonds is 3. The van der Waals surface area contributed by atoms with Crippen LogP contribution in [0.25, 0.3) is 11.1 Å². The average Bonchev–Trinajstić information content (AvgIpc) is 3.34. The number of hydrogen-bond acceptors (Lipinski definition) is 4. The fourth-order valence-electron chi connectivity index (χ4n) is 7.90. The molecule has 5 aliphatic rings. The van der Waals surface area contributed by atoms with Gasteiger partial charge in [0.1, 0.15) is 5.01 Å². The second-order valence-electron chi connectivity index (χ2n) is 13.9. The lowest BCUT2D eigenvalue weighted by molar-refractivity contribution is 0.614. The third-order valence-corrected chi connectivity index (χ3v) is 11.7.